The van der Waals surface area contributed by atoms with E-state index in [0.717, 1.165) is 6.07 Å². The fraction of sp³-hybridized carbons (Fsp3) is 0.364. The van der Waals surface area contributed by atoms with E-state index in [1.807, 2.05) is 6.07 Å². The fourth-order valence-corrected chi connectivity index (χ4v) is 5.19. The number of aromatic nitrogens is 1. The van der Waals surface area contributed by atoms with Gasteiger partial charge in [-0.05, 0) is 37.1 Å². The molecule has 2 heterocycles. The highest BCUT2D eigenvalue weighted by atomic mass is 32.2. The van der Waals surface area contributed by atoms with Crippen molar-refractivity contribution < 1.29 is 22.4 Å². The number of benzene rings is 1. The topological polar surface area (TPSA) is 129 Å². The third-order valence-corrected chi connectivity index (χ3v) is 8.32. The molecule has 1 aromatic carbocycles. The Morgan fingerprint density at radius 1 is 1.21 bits per heavy atom. The normalized spacial score (nSPS) is 16.6. The number of fused-ring (bicyclic) bond motifs is 1. The SMILES string of the molecule is CS(=O)(=O)C1(CN2CCn3c(ccc(C(=O)NCc4ccc(C#N)cc4F)c3=O)C2=O)CC1. The molecule has 1 aliphatic heterocycles. The van der Waals surface area contributed by atoms with Crippen LogP contribution in [0.5, 0.6) is 0 Å². The van der Waals surface area contributed by atoms with Gasteiger partial charge in [-0.25, -0.2) is 12.8 Å². The molecule has 4 rings (SSSR count). The van der Waals surface area contributed by atoms with Crippen LogP contribution >= 0.6 is 0 Å². The van der Waals surface area contributed by atoms with Gasteiger partial charge in [0, 0.05) is 38.0 Å². The van der Waals surface area contributed by atoms with E-state index in [1.54, 1.807) is 0 Å². The number of nitrogens with zero attached hydrogens (tertiary/aromatic N) is 3. The van der Waals surface area contributed by atoms with Crippen LogP contribution in [0.25, 0.3) is 0 Å². The predicted molar refractivity (Wildman–Crippen MR) is 116 cm³/mol. The molecule has 1 aliphatic carbocycles. The number of nitriles is 1. The molecule has 0 saturated heterocycles. The summed E-state index contributed by atoms with van der Waals surface area (Å²) in [5.74, 6) is -1.83. The quantitative estimate of drug-likeness (QED) is 0.663. The Hall–Kier alpha value is -3.52. The van der Waals surface area contributed by atoms with E-state index in [0.29, 0.717) is 12.8 Å². The van der Waals surface area contributed by atoms with Gasteiger partial charge >= 0.3 is 0 Å². The van der Waals surface area contributed by atoms with Gasteiger partial charge in [0.25, 0.3) is 17.4 Å². The van der Waals surface area contributed by atoms with Gasteiger partial charge in [-0.15, -0.1) is 0 Å². The third-order valence-electron chi connectivity index (χ3n) is 6.21. The molecular formula is C22H21FN4O5S. The fourth-order valence-electron chi connectivity index (χ4n) is 3.96. The maximum Gasteiger partial charge on any atom is 0.270 e. The highest BCUT2D eigenvalue weighted by molar-refractivity contribution is 7.92. The number of rotatable bonds is 6. The Balaban J connectivity index is 1.50. The molecule has 1 aromatic heterocycles. The van der Waals surface area contributed by atoms with Crippen LogP contribution in [0.15, 0.2) is 35.1 Å². The van der Waals surface area contributed by atoms with Crippen molar-refractivity contribution in [2.45, 2.75) is 30.7 Å². The Morgan fingerprint density at radius 3 is 2.55 bits per heavy atom. The lowest BCUT2D eigenvalue weighted by Gasteiger charge is -2.32. The van der Waals surface area contributed by atoms with Crippen LogP contribution < -0.4 is 10.9 Å². The van der Waals surface area contributed by atoms with E-state index in [4.69, 9.17) is 5.26 Å². The van der Waals surface area contributed by atoms with Crippen LogP contribution in [0, 0.1) is 17.1 Å². The Morgan fingerprint density at radius 2 is 1.94 bits per heavy atom. The second kappa shape index (κ2) is 8.12. The zero-order valence-corrected chi connectivity index (χ0v) is 18.6. The van der Waals surface area contributed by atoms with Crippen molar-refractivity contribution in [2.24, 2.45) is 0 Å². The minimum Gasteiger partial charge on any atom is -0.348 e. The summed E-state index contributed by atoms with van der Waals surface area (Å²) in [6.07, 6.45) is 2.17. The summed E-state index contributed by atoms with van der Waals surface area (Å²) >= 11 is 0. The summed E-state index contributed by atoms with van der Waals surface area (Å²) in [5, 5.41) is 11.3. The summed E-state index contributed by atoms with van der Waals surface area (Å²) in [7, 11) is -3.31. The van der Waals surface area contributed by atoms with Crippen molar-refractivity contribution in [3.63, 3.8) is 0 Å². The average molecular weight is 472 g/mol. The van der Waals surface area contributed by atoms with E-state index in [-0.39, 0.29) is 48.6 Å². The van der Waals surface area contributed by atoms with Crippen molar-refractivity contribution in [2.75, 3.05) is 19.3 Å². The maximum absolute atomic E-state index is 14.0. The Bertz CT molecular complexity index is 1370. The molecule has 1 N–H and O–H groups in total. The third kappa shape index (κ3) is 4.14. The van der Waals surface area contributed by atoms with Crippen LogP contribution in [-0.2, 0) is 22.9 Å². The number of pyridine rings is 1. The maximum atomic E-state index is 14.0. The summed E-state index contributed by atoms with van der Waals surface area (Å²) in [6, 6.07) is 8.29. The molecule has 2 aromatic rings. The largest absolute Gasteiger partial charge is 0.348 e. The molecule has 9 nitrogen and oxygen atoms in total. The number of hydrogen-bond donors (Lipinski definition) is 1. The van der Waals surface area contributed by atoms with Gasteiger partial charge in [0.15, 0.2) is 9.84 Å². The number of amides is 2. The number of carbonyl (C=O) groups excluding carboxylic acids is 2. The lowest BCUT2D eigenvalue weighted by molar-refractivity contribution is 0.0695. The monoisotopic (exact) mass is 472 g/mol. The first-order chi connectivity index (χ1) is 15.6. The lowest BCUT2D eigenvalue weighted by atomic mass is 10.1. The van der Waals surface area contributed by atoms with E-state index >= 15 is 0 Å². The smallest absolute Gasteiger partial charge is 0.270 e. The van der Waals surface area contributed by atoms with Gasteiger partial charge in [-0.3, -0.25) is 14.4 Å². The van der Waals surface area contributed by atoms with Crippen LogP contribution in [-0.4, -0.2) is 53.8 Å². The molecule has 0 atom stereocenters. The lowest BCUT2D eigenvalue weighted by Crippen LogP contribution is -2.49. The standard InChI is InChI=1S/C22H21FN4O5S/c1-33(31,32)22(6-7-22)13-26-8-9-27-18(21(26)30)5-4-16(20(27)29)19(28)25-12-15-3-2-14(11-24)10-17(15)23/h2-5,10H,6-9,12-13H2,1H3,(H,25,28). The van der Waals surface area contributed by atoms with Gasteiger partial charge in [0.1, 0.15) is 17.1 Å². The van der Waals surface area contributed by atoms with Crippen molar-refractivity contribution >= 4 is 21.7 Å². The highest BCUT2D eigenvalue weighted by Gasteiger charge is 2.54. The van der Waals surface area contributed by atoms with E-state index < -0.39 is 37.8 Å². The Labute approximate surface area is 189 Å². The Kier molecular flexibility index (Phi) is 5.57. The van der Waals surface area contributed by atoms with Crippen molar-refractivity contribution in [3.8, 4) is 6.07 Å². The second-order valence-electron chi connectivity index (χ2n) is 8.37. The van der Waals surface area contributed by atoms with Crippen molar-refractivity contribution in [1.82, 2.24) is 14.8 Å². The summed E-state index contributed by atoms with van der Waals surface area (Å²) in [5.41, 5.74) is -0.443. The molecule has 0 radical (unpaired) electrons. The number of sulfone groups is 1. The molecule has 0 bridgehead atoms. The molecule has 1 saturated carbocycles. The molecule has 0 spiro atoms. The molecule has 2 amide bonds. The molecule has 172 valence electrons. The average Bonchev–Trinajstić information content (AvgIpc) is 3.56. The number of hydrogen-bond acceptors (Lipinski definition) is 6. The molecule has 1 fully saturated rings. The summed E-state index contributed by atoms with van der Waals surface area (Å²) in [6.45, 7) is 0.185. The van der Waals surface area contributed by atoms with E-state index in [2.05, 4.69) is 5.32 Å². The van der Waals surface area contributed by atoms with Gasteiger partial charge in [-0.1, -0.05) is 6.07 Å². The van der Waals surface area contributed by atoms with E-state index in [9.17, 15) is 27.2 Å². The first-order valence-corrected chi connectivity index (χ1v) is 12.1. The molecular weight excluding hydrogens is 451 g/mol. The van der Waals surface area contributed by atoms with Crippen LogP contribution in [0.3, 0.4) is 0 Å². The zero-order valence-electron chi connectivity index (χ0n) is 17.8. The number of halogens is 1. The molecule has 2 aliphatic rings. The number of carbonyl (C=O) groups is 2. The van der Waals surface area contributed by atoms with Gasteiger partial charge in [0.2, 0.25) is 0 Å². The highest BCUT2D eigenvalue weighted by Crippen LogP contribution is 2.44. The summed E-state index contributed by atoms with van der Waals surface area (Å²) < 4.78 is 38.4. The zero-order chi connectivity index (χ0) is 24.0. The van der Waals surface area contributed by atoms with Crippen LogP contribution in [0.1, 0.15) is 44.8 Å². The van der Waals surface area contributed by atoms with Gasteiger partial charge in [-0.2, -0.15) is 5.26 Å². The minimum absolute atomic E-state index is 0.0806. The van der Waals surface area contributed by atoms with Gasteiger partial charge in [0.05, 0.1) is 16.4 Å². The summed E-state index contributed by atoms with van der Waals surface area (Å²) in [4.78, 5) is 39.7. The predicted octanol–water partition coefficient (Wildman–Crippen LogP) is 0.822. The first-order valence-electron chi connectivity index (χ1n) is 10.3. The second-order valence-corrected chi connectivity index (χ2v) is 10.8. The number of nitrogens with one attached hydrogen (secondary N) is 1. The first kappa shape index (κ1) is 22.7. The van der Waals surface area contributed by atoms with E-state index in [1.165, 1.54) is 40.0 Å². The van der Waals surface area contributed by atoms with Crippen LogP contribution in [0.4, 0.5) is 4.39 Å². The molecule has 0 unspecified atom stereocenters. The van der Waals surface area contributed by atoms with Crippen molar-refractivity contribution in [1.29, 1.82) is 5.26 Å². The minimum atomic E-state index is -3.31. The van der Waals surface area contributed by atoms with Crippen LogP contribution in [0.2, 0.25) is 0 Å². The van der Waals surface area contributed by atoms with Gasteiger partial charge < -0.3 is 14.8 Å². The molecule has 11 heteroatoms. The molecule has 33 heavy (non-hydrogen) atoms. The van der Waals surface area contributed by atoms with Crippen molar-refractivity contribution in [3.05, 3.63) is 68.9 Å².